The summed E-state index contributed by atoms with van der Waals surface area (Å²) in [6, 6.07) is 0. The van der Waals surface area contributed by atoms with E-state index >= 15 is 0 Å². The van der Waals surface area contributed by atoms with Crippen molar-refractivity contribution < 1.29 is 0 Å². The zero-order valence-corrected chi connectivity index (χ0v) is 23.7. The first-order valence-corrected chi connectivity index (χ1v) is 14.4. The molecule has 0 aromatic rings. The normalized spacial score (nSPS) is 50.5. The molecule has 8 unspecified atom stereocenters. The highest BCUT2D eigenvalue weighted by atomic mass is 14.7. The molecule has 5 aliphatic rings. The smallest absolute Gasteiger partial charge is 0.00485 e. The van der Waals surface area contributed by atoms with Crippen molar-refractivity contribution in [2.24, 2.45) is 50.7 Å². The predicted octanol–water partition coefficient (Wildman–Crippen LogP) is 10.2. The van der Waals surface area contributed by atoms with Crippen molar-refractivity contribution in [3.63, 3.8) is 0 Å². The van der Waals surface area contributed by atoms with Crippen molar-refractivity contribution in [3.8, 4) is 0 Å². The van der Waals surface area contributed by atoms with Crippen LogP contribution in [0.2, 0.25) is 0 Å². The fourth-order valence-electron chi connectivity index (χ4n) is 10.3. The molecule has 4 saturated carbocycles. The van der Waals surface area contributed by atoms with Crippen LogP contribution in [0.15, 0.2) is 36.0 Å². The molecule has 0 saturated heterocycles. The third kappa shape index (κ3) is 3.20. The van der Waals surface area contributed by atoms with E-state index in [1.165, 1.54) is 68.9 Å². The fourth-order valence-corrected chi connectivity index (χ4v) is 10.3. The molecule has 0 bridgehead atoms. The van der Waals surface area contributed by atoms with Crippen LogP contribution in [-0.4, -0.2) is 0 Å². The van der Waals surface area contributed by atoms with E-state index in [0.717, 1.165) is 17.8 Å². The van der Waals surface area contributed by atoms with Crippen molar-refractivity contribution in [2.45, 2.75) is 120 Å². The van der Waals surface area contributed by atoms with Crippen molar-refractivity contribution in [1.29, 1.82) is 0 Å². The van der Waals surface area contributed by atoms with Crippen LogP contribution < -0.4 is 0 Å². The van der Waals surface area contributed by atoms with E-state index in [1.807, 2.05) is 19.4 Å². The van der Waals surface area contributed by atoms with Crippen molar-refractivity contribution >= 4 is 0 Å². The minimum Gasteiger partial charge on any atom is -0.0993 e. The number of hydrogen-bond donors (Lipinski definition) is 0. The molecule has 5 rings (SSSR count). The molecule has 8 atom stereocenters. The van der Waals surface area contributed by atoms with Gasteiger partial charge < -0.3 is 0 Å². The maximum atomic E-state index is 4.85. The largest absolute Gasteiger partial charge is 0.0993 e. The lowest BCUT2D eigenvalue weighted by Crippen LogP contribution is -2.63. The molecule has 0 N–H and O–H groups in total. The lowest BCUT2D eigenvalue weighted by atomic mass is 9.33. The van der Waals surface area contributed by atoms with Gasteiger partial charge in [-0.1, -0.05) is 105 Å². The summed E-state index contributed by atoms with van der Waals surface area (Å²) in [5.41, 5.74) is 6.60. The third-order valence-electron chi connectivity index (χ3n) is 12.7. The Morgan fingerprint density at radius 1 is 0.848 bits per heavy atom. The van der Waals surface area contributed by atoms with E-state index < -0.39 is 0 Å². The highest BCUT2D eigenvalue weighted by molar-refractivity contribution is 5.43. The lowest BCUT2D eigenvalue weighted by molar-refractivity contribution is -0.152. The summed E-state index contributed by atoms with van der Waals surface area (Å²) in [5.74, 6) is 3.00. The molecule has 0 nitrogen and oxygen atoms in total. The van der Waals surface area contributed by atoms with Crippen LogP contribution in [0.3, 0.4) is 0 Å². The van der Waals surface area contributed by atoms with Crippen molar-refractivity contribution in [2.75, 3.05) is 0 Å². The highest BCUT2D eigenvalue weighted by Crippen LogP contribution is 2.76. The summed E-state index contributed by atoms with van der Waals surface area (Å²) in [4.78, 5) is 0. The summed E-state index contributed by atoms with van der Waals surface area (Å²) >= 11 is 0. The Kier molecular flexibility index (Phi) is 6.03. The Morgan fingerprint density at radius 2 is 1.52 bits per heavy atom. The van der Waals surface area contributed by atoms with Gasteiger partial charge in [0, 0.05) is 0 Å². The standard InChI is InChI=1S/C31H48.C2H6/c1-20-10-13-28(6)16-17-30(8)24(23(28)18-20)19-21(2)26-29(7)14-11-22(3)27(4,5)25(29)12-15-31(26,30)9;1-2/h19-20,23,25-26H,2-3,10-18H2,1,4-9H3;1-2H3. The quantitative estimate of drug-likeness (QED) is 0.322. The van der Waals surface area contributed by atoms with Crippen LogP contribution >= 0.6 is 0 Å². The molecule has 0 aromatic heterocycles. The van der Waals surface area contributed by atoms with E-state index in [1.54, 1.807) is 0 Å². The summed E-state index contributed by atoms with van der Waals surface area (Å²) in [5, 5.41) is 0. The summed E-state index contributed by atoms with van der Waals surface area (Å²) in [6.45, 7) is 31.5. The van der Waals surface area contributed by atoms with Crippen LogP contribution in [0, 0.1) is 50.7 Å². The maximum Gasteiger partial charge on any atom is -0.00485 e. The second kappa shape index (κ2) is 7.86. The van der Waals surface area contributed by atoms with Gasteiger partial charge in [0.1, 0.15) is 0 Å². The Hall–Kier alpha value is -0.780. The van der Waals surface area contributed by atoms with Gasteiger partial charge in [-0.2, -0.15) is 0 Å². The molecule has 0 spiro atoms. The van der Waals surface area contributed by atoms with E-state index in [2.05, 4.69) is 61.1 Å². The summed E-state index contributed by atoms with van der Waals surface area (Å²) in [7, 11) is 0. The van der Waals surface area contributed by atoms with Crippen LogP contribution in [0.1, 0.15) is 120 Å². The van der Waals surface area contributed by atoms with Gasteiger partial charge in [0.2, 0.25) is 0 Å². The monoisotopic (exact) mass is 450 g/mol. The van der Waals surface area contributed by atoms with Crippen molar-refractivity contribution in [1.82, 2.24) is 0 Å². The lowest BCUT2D eigenvalue weighted by Gasteiger charge is -2.71. The number of fused-ring (bicyclic) bond motifs is 7. The van der Waals surface area contributed by atoms with Gasteiger partial charge in [0.15, 0.2) is 0 Å². The Labute approximate surface area is 206 Å². The van der Waals surface area contributed by atoms with Crippen molar-refractivity contribution in [3.05, 3.63) is 36.0 Å². The van der Waals surface area contributed by atoms with Gasteiger partial charge in [-0.05, 0) is 102 Å². The van der Waals surface area contributed by atoms with E-state index in [-0.39, 0.29) is 5.41 Å². The highest BCUT2D eigenvalue weighted by Gasteiger charge is 2.67. The first-order valence-electron chi connectivity index (χ1n) is 14.4. The molecular weight excluding hydrogens is 396 g/mol. The van der Waals surface area contributed by atoms with Crippen LogP contribution in [0.5, 0.6) is 0 Å². The molecule has 33 heavy (non-hydrogen) atoms. The molecular formula is C33H54. The molecule has 0 radical (unpaired) electrons. The molecule has 0 aliphatic heterocycles. The fraction of sp³-hybridized carbons (Fsp3) is 0.818. The Bertz CT molecular complexity index is 855. The van der Waals surface area contributed by atoms with Crippen LogP contribution in [0.25, 0.3) is 0 Å². The molecule has 0 heteroatoms. The summed E-state index contributed by atoms with van der Waals surface area (Å²) < 4.78 is 0. The van der Waals surface area contributed by atoms with Gasteiger partial charge in [0.25, 0.3) is 0 Å². The molecule has 0 heterocycles. The van der Waals surface area contributed by atoms with Gasteiger partial charge in [-0.3, -0.25) is 0 Å². The minimum absolute atomic E-state index is 0.253. The zero-order chi connectivity index (χ0) is 24.6. The first kappa shape index (κ1) is 25.3. The number of hydrogen-bond acceptors (Lipinski definition) is 0. The van der Waals surface area contributed by atoms with Gasteiger partial charge >= 0.3 is 0 Å². The predicted molar refractivity (Wildman–Crippen MR) is 145 cm³/mol. The molecule has 186 valence electrons. The van der Waals surface area contributed by atoms with Gasteiger partial charge in [-0.15, -0.1) is 0 Å². The van der Waals surface area contributed by atoms with E-state index in [9.17, 15) is 0 Å². The number of allylic oxidation sites excluding steroid dienone is 4. The van der Waals surface area contributed by atoms with Crippen LogP contribution in [0.4, 0.5) is 0 Å². The van der Waals surface area contributed by atoms with E-state index in [4.69, 9.17) is 6.58 Å². The minimum atomic E-state index is 0.253. The maximum absolute atomic E-state index is 4.85. The van der Waals surface area contributed by atoms with Gasteiger partial charge in [-0.25, -0.2) is 0 Å². The average Bonchev–Trinajstić information content (AvgIpc) is 2.75. The topological polar surface area (TPSA) is 0 Å². The second-order valence-corrected chi connectivity index (χ2v) is 14.4. The van der Waals surface area contributed by atoms with Crippen LogP contribution in [-0.2, 0) is 0 Å². The average molecular weight is 451 g/mol. The Balaban J connectivity index is 0.00000126. The Morgan fingerprint density at radius 3 is 2.18 bits per heavy atom. The SMILES string of the molecule is C=C1C=C2C3CC(C)CCC3(C)CCC2(C)C2(C)CCC3C(C)(C)C(=C)CCC3(C)C12.CC. The third-order valence-corrected chi connectivity index (χ3v) is 12.7. The molecule has 4 fully saturated rings. The first-order chi connectivity index (χ1) is 15.3. The number of rotatable bonds is 0. The molecule has 0 aromatic carbocycles. The molecule has 5 aliphatic carbocycles. The molecule has 0 amide bonds. The summed E-state index contributed by atoms with van der Waals surface area (Å²) in [6.07, 6.45) is 15.0. The second-order valence-electron chi connectivity index (χ2n) is 14.4. The van der Waals surface area contributed by atoms with Gasteiger partial charge in [0.05, 0.1) is 0 Å². The van der Waals surface area contributed by atoms with E-state index in [0.29, 0.717) is 27.6 Å². The zero-order valence-electron chi connectivity index (χ0n) is 23.7.